The lowest BCUT2D eigenvalue weighted by atomic mass is 10.1. The summed E-state index contributed by atoms with van der Waals surface area (Å²) in [6, 6.07) is 3.74. The zero-order valence-electron chi connectivity index (χ0n) is 10.4. The number of nitrogens with zero attached hydrogens (tertiary/aromatic N) is 2. The molecular formula is C13H15N3O2. The van der Waals surface area contributed by atoms with Crippen molar-refractivity contribution in [2.24, 2.45) is 0 Å². The summed E-state index contributed by atoms with van der Waals surface area (Å²) in [7, 11) is 0. The molecule has 0 aliphatic rings. The second kappa shape index (κ2) is 4.91. The summed E-state index contributed by atoms with van der Waals surface area (Å²) in [4.78, 5) is 15.8. The average Bonchev–Trinajstić information content (AvgIpc) is 2.66. The van der Waals surface area contributed by atoms with E-state index < -0.39 is 5.97 Å². The maximum atomic E-state index is 11.8. The van der Waals surface area contributed by atoms with Crippen molar-refractivity contribution in [3.8, 4) is 11.1 Å². The molecule has 94 valence electrons. The van der Waals surface area contributed by atoms with Crippen LogP contribution in [0.5, 0.6) is 0 Å². The Morgan fingerprint density at radius 1 is 1.44 bits per heavy atom. The van der Waals surface area contributed by atoms with Crippen molar-refractivity contribution in [2.75, 3.05) is 12.4 Å². The quantitative estimate of drug-likeness (QED) is 0.660. The van der Waals surface area contributed by atoms with E-state index in [2.05, 4.69) is 4.98 Å². The van der Waals surface area contributed by atoms with Gasteiger partial charge in [-0.05, 0) is 37.1 Å². The Hall–Kier alpha value is -2.30. The molecule has 0 bridgehead atoms. The average molecular weight is 245 g/mol. The molecule has 2 aromatic heterocycles. The van der Waals surface area contributed by atoms with Crippen molar-refractivity contribution >= 4 is 5.97 Å². The number of rotatable bonds is 3. The first kappa shape index (κ1) is 12.2. The van der Waals surface area contributed by atoms with E-state index in [-0.39, 0.29) is 0 Å². The Labute approximate surface area is 105 Å². The third-order valence-corrected chi connectivity index (χ3v) is 2.75. The molecule has 0 amide bonds. The monoisotopic (exact) mass is 245 g/mol. The van der Waals surface area contributed by atoms with Crippen molar-refractivity contribution in [3.63, 3.8) is 0 Å². The zero-order valence-corrected chi connectivity index (χ0v) is 10.4. The maximum absolute atomic E-state index is 11.8. The van der Waals surface area contributed by atoms with E-state index in [1.165, 1.54) is 4.68 Å². The van der Waals surface area contributed by atoms with Gasteiger partial charge < -0.3 is 10.6 Å². The minimum atomic E-state index is -0.405. The van der Waals surface area contributed by atoms with Gasteiger partial charge in [0.15, 0.2) is 5.69 Å². The number of pyridine rings is 1. The molecule has 2 aromatic rings. The van der Waals surface area contributed by atoms with Crippen molar-refractivity contribution in [1.82, 2.24) is 9.66 Å². The Balaban J connectivity index is 2.47. The molecule has 5 heteroatoms. The van der Waals surface area contributed by atoms with E-state index in [0.717, 1.165) is 16.7 Å². The lowest BCUT2D eigenvalue weighted by Gasteiger charge is -2.04. The van der Waals surface area contributed by atoms with Crippen LogP contribution in [0.2, 0.25) is 0 Å². The summed E-state index contributed by atoms with van der Waals surface area (Å²) in [5.41, 5.74) is 3.06. The summed E-state index contributed by atoms with van der Waals surface area (Å²) in [5, 5.41) is 0. The van der Waals surface area contributed by atoms with Crippen LogP contribution >= 0.6 is 0 Å². The highest BCUT2D eigenvalue weighted by Crippen LogP contribution is 2.26. The molecule has 0 atom stereocenters. The van der Waals surface area contributed by atoms with Gasteiger partial charge in [0.05, 0.1) is 6.61 Å². The molecule has 0 aliphatic heterocycles. The highest BCUT2D eigenvalue weighted by Gasteiger charge is 2.19. The van der Waals surface area contributed by atoms with Crippen LogP contribution in [0.3, 0.4) is 0 Å². The van der Waals surface area contributed by atoms with E-state index in [9.17, 15) is 4.79 Å². The third-order valence-electron chi connectivity index (χ3n) is 2.75. The van der Waals surface area contributed by atoms with E-state index in [1.54, 1.807) is 25.5 Å². The number of carbonyl (C=O) groups is 1. The second-order valence-electron chi connectivity index (χ2n) is 3.88. The van der Waals surface area contributed by atoms with Gasteiger partial charge in [-0.1, -0.05) is 0 Å². The number of aromatic nitrogens is 2. The minimum Gasteiger partial charge on any atom is -0.461 e. The molecule has 0 aliphatic carbocycles. The first-order chi connectivity index (χ1) is 8.65. The van der Waals surface area contributed by atoms with E-state index in [0.29, 0.717) is 12.3 Å². The fourth-order valence-electron chi connectivity index (χ4n) is 1.90. The van der Waals surface area contributed by atoms with Crippen LogP contribution in [0.15, 0.2) is 30.7 Å². The van der Waals surface area contributed by atoms with Gasteiger partial charge in [0.2, 0.25) is 0 Å². The molecule has 2 N–H and O–H groups in total. The minimum absolute atomic E-state index is 0.327. The van der Waals surface area contributed by atoms with Gasteiger partial charge in [-0.15, -0.1) is 0 Å². The number of hydrogen-bond acceptors (Lipinski definition) is 4. The smallest absolute Gasteiger partial charge is 0.357 e. The van der Waals surface area contributed by atoms with E-state index >= 15 is 0 Å². The molecular weight excluding hydrogens is 230 g/mol. The molecule has 0 unspecified atom stereocenters. The summed E-state index contributed by atoms with van der Waals surface area (Å²) in [5.74, 6) is 5.41. The Kier molecular flexibility index (Phi) is 3.32. The standard InChI is InChI=1S/C13H15N3O2/c1-3-18-13(17)12-9(2)11(8-16(12)14)10-4-6-15-7-5-10/h4-8H,3,14H2,1-2H3. The number of nitrogen functional groups attached to an aromatic ring is 1. The van der Waals surface area contributed by atoms with E-state index in [1.807, 2.05) is 19.1 Å². The molecule has 0 radical (unpaired) electrons. The van der Waals surface area contributed by atoms with Gasteiger partial charge in [-0.25, -0.2) is 4.79 Å². The zero-order chi connectivity index (χ0) is 13.1. The molecule has 0 saturated carbocycles. The van der Waals surface area contributed by atoms with Crippen molar-refractivity contribution < 1.29 is 9.53 Å². The summed E-state index contributed by atoms with van der Waals surface area (Å²) >= 11 is 0. The van der Waals surface area contributed by atoms with Crippen LogP contribution < -0.4 is 5.84 Å². The lowest BCUT2D eigenvalue weighted by Crippen LogP contribution is -2.18. The molecule has 2 rings (SSSR count). The van der Waals surface area contributed by atoms with Gasteiger partial charge in [0, 0.05) is 24.2 Å². The second-order valence-corrected chi connectivity index (χ2v) is 3.88. The van der Waals surface area contributed by atoms with Crippen molar-refractivity contribution in [1.29, 1.82) is 0 Å². The summed E-state index contributed by atoms with van der Waals surface area (Å²) < 4.78 is 6.30. The SMILES string of the molecule is CCOC(=O)c1c(C)c(-c2ccncc2)cn1N. The molecule has 0 spiro atoms. The maximum Gasteiger partial charge on any atom is 0.357 e. The third kappa shape index (κ3) is 2.07. The number of nitrogens with two attached hydrogens (primary N) is 1. The normalized spacial score (nSPS) is 10.3. The summed E-state index contributed by atoms with van der Waals surface area (Å²) in [6.45, 7) is 3.94. The van der Waals surface area contributed by atoms with Gasteiger partial charge >= 0.3 is 5.97 Å². The number of ether oxygens (including phenoxy) is 1. The highest BCUT2D eigenvalue weighted by molar-refractivity contribution is 5.92. The predicted molar refractivity (Wildman–Crippen MR) is 68.5 cm³/mol. The summed E-state index contributed by atoms with van der Waals surface area (Å²) in [6.07, 6.45) is 5.12. The molecule has 18 heavy (non-hydrogen) atoms. The van der Waals surface area contributed by atoms with Gasteiger partial charge in [0.1, 0.15) is 0 Å². The topological polar surface area (TPSA) is 70.1 Å². The van der Waals surface area contributed by atoms with Crippen LogP contribution in [0.4, 0.5) is 0 Å². The fourth-order valence-corrected chi connectivity index (χ4v) is 1.90. The van der Waals surface area contributed by atoms with Crippen LogP contribution in [-0.2, 0) is 4.74 Å². The number of hydrogen-bond donors (Lipinski definition) is 1. The van der Waals surface area contributed by atoms with E-state index in [4.69, 9.17) is 10.6 Å². The first-order valence-corrected chi connectivity index (χ1v) is 5.69. The predicted octanol–water partition coefficient (Wildman–Crippen LogP) is 1.75. The van der Waals surface area contributed by atoms with Crippen LogP contribution in [0.1, 0.15) is 23.0 Å². The highest BCUT2D eigenvalue weighted by atomic mass is 16.5. The first-order valence-electron chi connectivity index (χ1n) is 5.69. The molecule has 0 saturated heterocycles. The molecule has 5 nitrogen and oxygen atoms in total. The Morgan fingerprint density at radius 2 is 2.11 bits per heavy atom. The number of carbonyl (C=O) groups excluding carboxylic acids is 1. The Morgan fingerprint density at radius 3 is 2.72 bits per heavy atom. The Bertz CT molecular complexity index is 561. The van der Waals surface area contributed by atoms with Crippen LogP contribution in [0.25, 0.3) is 11.1 Å². The lowest BCUT2D eigenvalue weighted by molar-refractivity contribution is 0.0515. The van der Waals surface area contributed by atoms with Gasteiger partial charge in [-0.3, -0.25) is 9.66 Å². The van der Waals surface area contributed by atoms with Crippen LogP contribution in [-0.4, -0.2) is 22.2 Å². The molecule has 0 aromatic carbocycles. The van der Waals surface area contributed by atoms with Crippen molar-refractivity contribution in [3.05, 3.63) is 42.0 Å². The number of esters is 1. The van der Waals surface area contributed by atoms with Gasteiger partial charge in [0.25, 0.3) is 0 Å². The van der Waals surface area contributed by atoms with Crippen molar-refractivity contribution in [2.45, 2.75) is 13.8 Å². The molecule has 2 heterocycles. The van der Waals surface area contributed by atoms with Crippen LogP contribution in [0, 0.1) is 6.92 Å². The fraction of sp³-hybridized carbons (Fsp3) is 0.231. The molecule has 0 fully saturated rings. The van der Waals surface area contributed by atoms with Gasteiger partial charge in [-0.2, -0.15) is 0 Å². The largest absolute Gasteiger partial charge is 0.461 e.